The first-order chi connectivity index (χ1) is 10.6. The monoisotopic (exact) mass is 297 g/mol. The summed E-state index contributed by atoms with van der Waals surface area (Å²) in [4.78, 5) is 29.9. The predicted octanol–water partition coefficient (Wildman–Crippen LogP) is 1.53. The average molecular weight is 297 g/mol. The molecule has 2 aromatic rings. The summed E-state index contributed by atoms with van der Waals surface area (Å²) in [6, 6.07) is 4.51. The van der Waals surface area contributed by atoms with Crippen molar-refractivity contribution in [3.8, 4) is 0 Å². The molecule has 0 aliphatic carbocycles. The second-order valence-electron chi connectivity index (χ2n) is 6.24. The maximum Gasteiger partial charge on any atom is 0.224 e. The van der Waals surface area contributed by atoms with Crippen molar-refractivity contribution in [3.05, 3.63) is 24.2 Å². The third kappa shape index (κ3) is 2.01. The summed E-state index contributed by atoms with van der Waals surface area (Å²) < 4.78 is 0. The van der Waals surface area contributed by atoms with E-state index in [0.717, 1.165) is 42.1 Å². The molecule has 0 saturated carbocycles. The number of carbonyl (C=O) groups is 1. The van der Waals surface area contributed by atoms with Crippen LogP contribution in [0.25, 0.3) is 11.0 Å². The lowest BCUT2D eigenvalue weighted by molar-refractivity contribution is -0.129. The van der Waals surface area contributed by atoms with Crippen molar-refractivity contribution in [1.29, 1.82) is 0 Å². The molecule has 2 saturated heterocycles. The molecule has 0 aromatic carbocycles. The highest BCUT2D eigenvalue weighted by Crippen LogP contribution is 2.36. The Morgan fingerprint density at radius 1 is 1.23 bits per heavy atom. The van der Waals surface area contributed by atoms with E-state index >= 15 is 0 Å². The van der Waals surface area contributed by atoms with Gasteiger partial charge in [0.15, 0.2) is 5.65 Å². The zero-order chi connectivity index (χ0) is 15.3. The number of hydrogen-bond acceptors (Lipinski definition) is 5. The lowest BCUT2D eigenvalue weighted by Gasteiger charge is -2.30. The molecule has 4 heterocycles. The smallest absolute Gasteiger partial charge is 0.224 e. The first-order valence-corrected chi connectivity index (χ1v) is 7.75. The van der Waals surface area contributed by atoms with E-state index in [4.69, 9.17) is 4.98 Å². The normalized spacial score (nSPS) is 24.9. The number of likely N-dealkylation sites (tertiary alicyclic amines) is 1. The summed E-state index contributed by atoms with van der Waals surface area (Å²) in [7, 11) is 1.89. The number of anilines is 1. The Morgan fingerprint density at radius 3 is 2.91 bits per heavy atom. The number of aryl methyl sites for hydroxylation is 1. The van der Waals surface area contributed by atoms with Crippen molar-refractivity contribution >= 4 is 22.8 Å². The van der Waals surface area contributed by atoms with Crippen LogP contribution in [0.4, 0.5) is 5.82 Å². The minimum absolute atomic E-state index is 0.227. The molecule has 0 N–H and O–H groups in total. The van der Waals surface area contributed by atoms with Crippen molar-refractivity contribution in [2.24, 2.45) is 0 Å². The van der Waals surface area contributed by atoms with Crippen LogP contribution in [0, 0.1) is 6.92 Å². The Morgan fingerprint density at radius 2 is 2.05 bits per heavy atom. The van der Waals surface area contributed by atoms with Gasteiger partial charge in [0.25, 0.3) is 0 Å². The lowest BCUT2D eigenvalue weighted by Crippen LogP contribution is -2.39. The van der Waals surface area contributed by atoms with Crippen molar-refractivity contribution in [2.75, 3.05) is 18.5 Å². The Bertz CT molecular complexity index is 746. The highest BCUT2D eigenvalue weighted by Gasteiger charge is 2.40. The molecule has 6 nitrogen and oxygen atoms in total. The molecule has 2 aromatic heterocycles. The number of aromatic nitrogens is 3. The summed E-state index contributed by atoms with van der Waals surface area (Å²) in [5.74, 6) is 1.89. The minimum atomic E-state index is 0.227. The first-order valence-electron chi connectivity index (χ1n) is 7.75. The minimum Gasteiger partial charge on any atom is -0.348 e. The zero-order valence-electron chi connectivity index (χ0n) is 12.9. The van der Waals surface area contributed by atoms with Gasteiger partial charge in [0, 0.05) is 38.3 Å². The van der Waals surface area contributed by atoms with Gasteiger partial charge in [-0.1, -0.05) is 0 Å². The number of pyridine rings is 1. The highest BCUT2D eigenvalue weighted by molar-refractivity contribution is 5.88. The van der Waals surface area contributed by atoms with Crippen LogP contribution in [0.5, 0.6) is 0 Å². The van der Waals surface area contributed by atoms with Gasteiger partial charge < -0.3 is 9.80 Å². The third-order valence-electron chi connectivity index (χ3n) is 4.75. The second-order valence-corrected chi connectivity index (χ2v) is 6.24. The van der Waals surface area contributed by atoms with E-state index in [9.17, 15) is 4.79 Å². The first kappa shape index (κ1) is 13.4. The van der Waals surface area contributed by atoms with Crippen molar-refractivity contribution in [1.82, 2.24) is 19.9 Å². The molecular formula is C16H19N5O. The number of fused-ring (bicyclic) bond motifs is 3. The van der Waals surface area contributed by atoms with Gasteiger partial charge in [-0.3, -0.25) is 4.79 Å². The van der Waals surface area contributed by atoms with Crippen molar-refractivity contribution in [3.63, 3.8) is 0 Å². The molecule has 0 unspecified atom stereocenters. The van der Waals surface area contributed by atoms with Crippen LogP contribution in [0.2, 0.25) is 0 Å². The summed E-state index contributed by atoms with van der Waals surface area (Å²) in [6.45, 7) is 2.66. The molecule has 2 bridgehead atoms. The summed E-state index contributed by atoms with van der Waals surface area (Å²) in [5, 5.41) is 0.974. The SMILES string of the molecule is Cc1nc(N2[C@@H]3CC[C@H]2CN(C)C(=O)C3)c2cccnc2n1. The molecular weight excluding hydrogens is 278 g/mol. The largest absolute Gasteiger partial charge is 0.348 e. The maximum absolute atomic E-state index is 12.2. The molecule has 0 spiro atoms. The van der Waals surface area contributed by atoms with E-state index < -0.39 is 0 Å². The number of rotatable bonds is 1. The quantitative estimate of drug-likeness (QED) is 0.799. The van der Waals surface area contributed by atoms with Crippen LogP contribution < -0.4 is 4.90 Å². The molecule has 2 aliphatic heterocycles. The fourth-order valence-corrected chi connectivity index (χ4v) is 3.71. The summed E-state index contributed by atoms with van der Waals surface area (Å²) in [5.41, 5.74) is 0.730. The molecule has 1 amide bonds. The van der Waals surface area contributed by atoms with Crippen LogP contribution >= 0.6 is 0 Å². The van der Waals surface area contributed by atoms with Crippen LogP contribution in [0.15, 0.2) is 18.3 Å². The Kier molecular flexibility index (Phi) is 2.99. The van der Waals surface area contributed by atoms with Crippen molar-refractivity contribution < 1.29 is 4.79 Å². The lowest BCUT2D eigenvalue weighted by atomic mass is 10.1. The average Bonchev–Trinajstić information content (AvgIpc) is 2.82. The molecule has 6 heteroatoms. The second kappa shape index (κ2) is 4.90. The van der Waals surface area contributed by atoms with Gasteiger partial charge in [-0.05, 0) is 31.9 Å². The molecule has 22 heavy (non-hydrogen) atoms. The molecule has 0 radical (unpaired) electrons. The van der Waals surface area contributed by atoms with Gasteiger partial charge in [-0.25, -0.2) is 15.0 Å². The Balaban J connectivity index is 1.86. The van der Waals surface area contributed by atoms with Gasteiger partial charge >= 0.3 is 0 Å². The molecule has 2 atom stereocenters. The van der Waals surface area contributed by atoms with Gasteiger partial charge in [0.2, 0.25) is 5.91 Å². The summed E-state index contributed by atoms with van der Waals surface area (Å²) >= 11 is 0. The van der Waals surface area contributed by atoms with Crippen molar-refractivity contribution in [2.45, 2.75) is 38.3 Å². The highest BCUT2D eigenvalue weighted by atomic mass is 16.2. The third-order valence-corrected chi connectivity index (χ3v) is 4.75. The number of hydrogen-bond donors (Lipinski definition) is 0. The van der Waals surface area contributed by atoms with E-state index in [1.54, 1.807) is 6.20 Å². The fraction of sp³-hybridized carbons (Fsp3) is 0.500. The fourth-order valence-electron chi connectivity index (χ4n) is 3.71. The number of carbonyl (C=O) groups excluding carboxylic acids is 1. The summed E-state index contributed by atoms with van der Waals surface area (Å²) in [6.07, 6.45) is 4.48. The van der Waals surface area contributed by atoms with E-state index in [2.05, 4.69) is 14.9 Å². The maximum atomic E-state index is 12.2. The van der Waals surface area contributed by atoms with E-state index in [-0.39, 0.29) is 11.9 Å². The van der Waals surface area contributed by atoms with Gasteiger partial charge in [0.05, 0.1) is 5.39 Å². The topological polar surface area (TPSA) is 62.2 Å². The van der Waals surface area contributed by atoms with Crippen LogP contribution in [-0.4, -0.2) is 51.4 Å². The molecule has 4 rings (SSSR count). The molecule has 2 aliphatic rings. The van der Waals surface area contributed by atoms with E-state index in [0.29, 0.717) is 12.5 Å². The van der Waals surface area contributed by atoms with Gasteiger partial charge in [-0.15, -0.1) is 0 Å². The van der Waals surface area contributed by atoms with Crippen LogP contribution in [-0.2, 0) is 4.79 Å². The van der Waals surface area contributed by atoms with Crippen LogP contribution in [0.3, 0.4) is 0 Å². The number of likely N-dealkylation sites (N-methyl/N-ethyl adjacent to an activating group) is 1. The predicted molar refractivity (Wildman–Crippen MR) is 83.6 cm³/mol. The standard InChI is InChI=1S/C16H19N5O/c1-10-18-15-13(4-3-7-17-15)16(19-10)21-11-5-6-12(21)9-20(2)14(22)8-11/h3-4,7,11-12H,5-6,8-9H2,1-2H3/t11-,12+/m1/s1. The van der Waals surface area contributed by atoms with Crippen LogP contribution in [0.1, 0.15) is 25.1 Å². The van der Waals surface area contributed by atoms with Gasteiger partial charge in [-0.2, -0.15) is 0 Å². The number of nitrogens with zero attached hydrogens (tertiary/aromatic N) is 5. The number of amides is 1. The van der Waals surface area contributed by atoms with Gasteiger partial charge in [0.1, 0.15) is 11.6 Å². The zero-order valence-corrected chi connectivity index (χ0v) is 12.9. The molecule has 114 valence electrons. The Labute approximate surface area is 129 Å². The van der Waals surface area contributed by atoms with E-state index in [1.807, 2.05) is 31.0 Å². The van der Waals surface area contributed by atoms with E-state index in [1.165, 1.54) is 0 Å². The Hall–Kier alpha value is -2.24. The molecule has 2 fully saturated rings.